The summed E-state index contributed by atoms with van der Waals surface area (Å²) < 4.78 is 11.3. The van der Waals surface area contributed by atoms with Crippen molar-refractivity contribution >= 4 is 11.8 Å². The monoisotopic (exact) mass is 431 g/mol. The number of hydrogen-bond donors (Lipinski definition) is 2. The van der Waals surface area contributed by atoms with E-state index in [2.05, 4.69) is 53.4 Å². The van der Waals surface area contributed by atoms with Gasteiger partial charge in [0.1, 0.15) is 5.82 Å². The van der Waals surface area contributed by atoms with Crippen LogP contribution in [0.2, 0.25) is 0 Å². The minimum Gasteiger partial charge on any atom is -0.382 e. The van der Waals surface area contributed by atoms with Gasteiger partial charge in [0.2, 0.25) is 0 Å². The van der Waals surface area contributed by atoms with Crippen LogP contribution in [0.1, 0.15) is 58.4 Å². The Morgan fingerprint density at radius 2 is 2.13 bits per heavy atom. The molecule has 174 valence electrons. The second-order valence-electron chi connectivity index (χ2n) is 8.85. The summed E-state index contributed by atoms with van der Waals surface area (Å²) in [7, 11) is 0. The summed E-state index contributed by atoms with van der Waals surface area (Å²) in [6, 6.07) is 4.24. The summed E-state index contributed by atoms with van der Waals surface area (Å²) in [6.45, 7) is 12.9. The Morgan fingerprint density at radius 3 is 2.81 bits per heavy atom. The average Bonchev–Trinajstić information content (AvgIpc) is 3.25. The predicted molar refractivity (Wildman–Crippen MR) is 127 cm³/mol. The number of nitrogens with one attached hydrogen (secondary N) is 2. The molecule has 1 aromatic heterocycles. The first-order valence-electron chi connectivity index (χ1n) is 12.1. The molecule has 1 unspecified atom stereocenters. The van der Waals surface area contributed by atoms with Gasteiger partial charge in [-0.15, -0.1) is 0 Å². The van der Waals surface area contributed by atoms with Gasteiger partial charge >= 0.3 is 0 Å². The van der Waals surface area contributed by atoms with Crippen molar-refractivity contribution in [2.24, 2.45) is 10.4 Å². The zero-order valence-corrected chi connectivity index (χ0v) is 19.7. The third-order valence-electron chi connectivity index (χ3n) is 6.41. The third-order valence-corrected chi connectivity index (χ3v) is 6.41. The summed E-state index contributed by atoms with van der Waals surface area (Å²) in [5, 5.41) is 7.00. The Hall–Kier alpha value is -1.86. The van der Waals surface area contributed by atoms with Gasteiger partial charge in [0.25, 0.3) is 0 Å². The fourth-order valence-electron chi connectivity index (χ4n) is 4.58. The van der Waals surface area contributed by atoms with Crippen molar-refractivity contribution in [1.82, 2.24) is 15.6 Å². The molecule has 1 aliphatic carbocycles. The molecule has 0 radical (unpaired) electrons. The van der Waals surface area contributed by atoms with E-state index >= 15 is 0 Å². The van der Waals surface area contributed by atoms with Gasteiger partial charge in [-0.25, -0.2) is 9.98 Å². The van der Waals surface area contributed by atoms with Crippen molar-refractivity contribution in [2.45, 2.75) is 65.5 Å². The highest BCUT2D eigenvalue weighted by Gasteiger charge is 2.33. The summed E-state index contributed by atoms with van der Waals surface area (Å²) >= 11 is 0. The van der Waals surface area contributed by atoms with Crippen molar-refractivity contribution in [3.8, 4) is 0 Å². The fraction of sp³-hybridized carbons (Fsp3) is 0.750. The van der Waals surface area contributed by atoms with E-state index in [1.807, 2.05) is 6.20 Å². The summed E-state index contributed by atoms with van der Waals surface area (Å²) in [4.78, 5) is 11.8. The van der Waals surface area contributed by atoms with Crippen molar-refractivity contribution in [3.05, 3.63) is 23.9 Å². The highest BCUT2D eigenvalue weighted by molar-refractivity contribution is 5.79. The number of nitrogens with zero attached hydrogens (tertiary/aromatic N) is 3. The van der Waals surface area contributed by atoms with Crippen LogP contribution in [0.15, 0.2) is 23.3 Å². The molecule has 1 atom stereocenters. The van der Waals surface area contributed by atoms with Gasteiger partial charge in [0.05, 0.1) is 19.3 Å². The largest absolute Gasteiger partial charge is 0.382 e. The van der Waals surface area contributed by atoms with Crippen LogP contribution in [-0.2, 0) is 16.0 Å². The molecular weight excluding hydrogens is 390 g/mol. The Kier molecular flexibility index (Phi) is 9.40. The van der Waals surface area contributed by atoms with Crippen LogP contribution < -0.4 is 15.5 Å². The van der Waals surface area contributed by atoms with Crippen LogP contribution in [-0.4, -0.2) is 63.0 Å². The summed E-state index contributed by atoms with van der Waals surface area (Å²) in [6.07, 6.45) is 8.52. The molecule has 2 aliphatic rings. The van der Waals surface area contributed by atoms with E-state index in [4.69, 9.17) is 14.5 Å². The van der Waals surface area contributed by atoms with Gasteiger partial charge in [0.15, 0.2) is 5.96 Å². The van der Waals surface area contributed by atoms with E-state index in [-0.39, 0.29) is 6.10 Å². The fourth-order valence-corrected chi connectivity index (χ4v) is 4.58. The second kappa shape index (κ2) is 12.2. The molecule has 31 heavy (non-hydrogen) atoms. The molecule has 0 aromatic carbocycles. The molecule has 2 N–H and O–H groups in total. The number of morpholine rings is 1. The molecule has 0 spiro atoms. The van der Waals surface area contributed by atoms with Crippen LogP contribution in [0.25, 0.3) is 0 Å². The molecule has 1 aromatic rings. The standard InChI is InChI=1S/C24H41N5O2/c1-4-25-23(28-19-24(10-6-7-11-24)12-14-30-5-2)27-17-21-8-9-22(26-16-21)29-13-15-31-20(3)18-29/h8-9,16,20H,4-7,10-15,17-19H2,1-3H3,(H2,25,27,28). The molecule has 0 amide bonds. The Labute approximate surface area is 188 Å². The number of anilines is 1. The molecule has 7 heteroatoms. The van der Waals surface area contributed by atoms with E-state index in [1.54, 1.807) is 0 Å². The molecular formula is C24H41N5O2. The van der Waals surface area contributed by atoms with Crippen LogP contribution >= 0.6 is 0 Å². The number of aromatic nitrogens is 1. The number of hydrogen-bond acceptors (Lipinski definition) is 5. The maximum atomic E-state index is 5.65. The van der Waals surface area contributed by atoms with Crippen molar-refractivity contribution in [1.29, 1.82) is 0 Å². The molecule has 7 nitrogen and oxygen atoms in total. The zero-order chi connectivity index (χ0) is 21.9. The lowest BCUT2D eigenvalue weighted by Gasteiger charge is -2.32. The minimum atomic E-state index is 0.255. The van der Waals surface area contributed by atoms with Crippen molar-refractivity contribution in [2.75, 3.05) is 50.9 Å². The molecule has 2 fully saturated rings. The first-order chi connectivity index (χ1) is 15.1. The van der Waals surface area contributed by atoms with Crippen LogP contribution in [0.4, 0.5) is 5.82 Å². The first-order valence-corrected chi connectivity index (χ1v) is 12.1. The van der Waals surface area contributed by atoms with E-state index in [0.717, 1.165) is 69.8 Å². The lowest BCUT2D eigenvalue weighted by atomic mass is 9.83. The maximum Gasteiger partial charge on any atom is 0.191 e. The van der Waals surface area contributed by atoms with E-state index < -0.39 is 0 Å². The lowest BCUT2D eigenvalue weighted by molar-refractivity contribution is 0.0529. The molecule has 1 saturated carbocycles. The quantitative estimate of drug-likeness (QED) is 0.336. The molecule has 3 rings (SSSR count). The molecule has 1 aliphatic heterocycles. The Bertz CT molecular complexity index is 673. The van der Waals surface area contributed by atoms with Gasteiger partial charge in [-0.1, -0.05) is 18.9 Å². The number of guanidine groups is 1. The van der Waals surface area contributed by atoms with Crippen molar-refractivity contribution in [3.63, 3.8) is 0 Å². The predicted octanol–water partition coefficient (Wildman–Crippen LogP) is 3.35. The number of rotatable bonds is 10. The zero-order valence-electron chi connectivity index (χ0n) is 19.7. The molecule has 1 saturated heterocycles. The highest BCUT2D eigenvalue weighted by Crippen LogP contribution is 2.40. The molecule has 2 heterocycles. The normalized spacial score (nSPS) is 21.3. The van der Waals surface area contributed by atoms with E-state index in [1.165, 1.54) is 25.7 Å². The Morgan fingerprint density at radius 1 is 1.29 bits per heavy atom. The SMILES string of the molecule is CCNC(=NCc1ccc(N2CCOC(C)C2)nc1)NCC1(CCOCC)CCCC1. The lowest BCUT2D eigenvalue weighted by Crippen LogP contribution is -2.43. The summed E-state index contributed by atoms with van der Waals surface area (Å²) in [5.41, 5.74) is 1.46. The maximum absolute atomic E-state index is 5.65. The van der Waals surface area contributed by atoms with Gasteiger partial charge in [-0.2, -0.15) is 0 Å². The third kappa shape index (κ3) is 7.35. The number of pyridine rings is 1. The van der Waals surface area contributed by atoms with Crippen LogP contribution in [0.5, 0.6) is 0 Å². The van der Waals surface area contributed by atoms with E-state index in [0.29, 0.717) is 12.0 Å². The number of aliphatic imine (C=N–C) groups is 1. The highest BCUT2D eigenvalue weighted by atomic mass is 16.5. The van der Waals surface area contributed by atoms with Crippen LogP contribution in [0, 0.1) is 5.41 Å². The first kappa shape index (κ1) is 23.8. The van der Waals surface area contributed by atoms with Gasteiger partial charge in [0, 0.05) is 45.6 Å². The smallest absolute Gasteiger partial charge is 0.191 e. The minimum absolute atomic E-state index is 0.255. The van der Waals surface area contributed by atoms with E-state index in [9.17, 15) is 0 Å². The number of ether oxygens (including phenoxy) is 2. The van der Waals surface area contributed by atoms with Gasteiger partial charge < -0.3 is 25.0 Å². The molecule has 0 bridgehead atoms. The topological polar surface area (TPSA) is 71.0 Å². The van der Waals surface area contributed by atoms with Gasteiger partial charge in [-0.05, 0) is 57.1 Å². The average molecular weight is 432 g/mol. The summed E-state index contributed by atoms with van der Waals surface area (Å²) in [5.74, 6) is 1.90. The van der Waals surface area contributed by atoms with Gasteiger partial charge in [-0.3, -0.25) is 0 Å². The van der Waals surface area contributed by atoms with Crippen molar-refractivity contribution < 1.29 is 9.47 Å². The Balaban J connectivity index is 1.55. The van der Waals surface area contributed by atoms with Crippen LogP contribution in [0.3, 0.4) is 0 Å². The second-order valence-corrected chi connectivity index (χ2v) is 8.85.